The summed E-state index contributed by atoms with van der Waals surface area (Å²) in [5.74, 6) is -1.13. The number of carboxylic acid groups (broad SMARTS) is 1. The lowest BCUT2D eigenvalue weighted by Gasteiger charge is -2.22. The van der Waals surface area contributed by atoms with Crippen molar-refractivity contribution in [3.63, 3.8) is 0 Å². The normalized spacial score (nSPS) is 17.3. The van der Waals surface area contributed by atoms with Crippen molar-refractivity contribution in [1.82, 2.24) is 0 Å². The fourth-order valence-electron chi connectivity index (χ4n) is 2.41. The van der Waals surface area contributed by atoms with E-state index < -0.39 is 15.8 Å². The van der Waals surface area contributed by atoms with E-state index in [4.69, 9.17) is 5.11 Å². The predicted octanol–water partition coefficient (Wildman–Crippen LogP) is 3.25. The second-order valence-electron chi connectivity index (χ2n) is 4.75. The fourth-order valence-corrected chi connectivity index (χ4v) is 4.71. The van der Waals surface area contributed by atoms with Crippen LogP contribution in [0.1, 0.15) is 42.5 Å². The summed E-state index contributed by atoms with van der Waals surface area (Å²) in [6, 6.07) is 4.20. The van der Waals surface area contributed by atoms with Crippen LogP contribution in [-0.4, -0.2) is 24.7 Å². The molecule has 0 atom stereocenters. The molecule has 19 heavy (non-hydrogen) atoms. The lowest BCUT2D eigenvalue weighted by molar-refractivity contribution is 0.0695. The molecule has 0 amide bonds. The number of hydrogen-bond donors (Lipinski definition) is 1. The zero-order valence-electron chi connectivity index (χ0n) is 10.3. The Hall–Kier alpha value is -0.880. The molecular formula is C13H15BrO4S. The Morgan fingerprint density at radius 1 is 1.21 bits per heavy atom. The molecule has 6 heteroatoms. The van der Waals surface area contributed by atoms with E-state index in [-0.39, 0.29) is 15.7 Å². The van der Waals surface area contributed by atoms with Crippen molar-refractivity contribution < 1.29 is 18.3 Å². The molecular weight excluding hydrogens is 332 g/mol. The van der Waals surface area contributed by atoms with Crippen LogP contribution in [0.3, 0.4) is 0 Å². The monoisotopic (exact) mass is 346 g/mol. The van der Waals surface area contributed by atoms with Gasteiger partial charge in [-0.05, 0) is 47.0 Å². The van der Waals surface area contributed by atoms with Gasteiger partial charge in [0, 0.05) is 4.47 Å². The van der Waals surface area contributed by atoms with Crippen molar-refractivity contribution >= 4 is 31.7 Å². The van der Waals surface area contributed by atoms with E-state index in [0.717, 1.165) is 19.3 Å². The first-order valence-electron chi connectivity index (χ1n) is 6.19. The van der Waals surface area contributed by atoms with E-state index >= 15 is 0 Å². The summed E-state index contributed by atoms with van der Waals surface area (Å²) in [5, 5.41) is 8.67. The third-order valence-corrected chi connectivity index (χ3v) is 6.44. The summed E-state index contributed by atoms with van der Waals surface area (Å²) in [6.45, 7) is 0. The van der Waals surface area contributed by atoms with Gasteiger partial charge in [0.25, 0.3) is 0 Å². The highest BCUT2D eigenvalue weighted by Gasteiger charge is 2.29. The van der Waals surface area contributed by atoms with Crippen LogP contribution >= 0.6 is 15.9 Å². The number of aromatic carboxylic acids is 1. The first kappa shape index (κ1) is 14.5. The maximum atomic E-state index is 12.5. The van der Waals surface area contributed by atoms with E-state index in [1.165, 1.54) is 18.2 Å². The number of rotatable bonds is 3. The summed E-state index contributed by atoms with van der Waals surface area (Å²) in [4.78, 5) is 11.2. The van der Waals surface area contributed by atoms with Crippen LogP contribution < -0.4 is 0 Å². The SMILES string of the molecule is O=C(O)c1cc(S(=O)(=O)C2CCCCC2)ccc1Br. The van der Waals surface area contributed by atoms with E-state index in [1.807, 2.05) is 0 Å². The Morgan fingerprint density at radius 3 is 2.42 bits per heavy atom. The van der Waals surface area contributed by atoms with E-state index in [2.05, 4.69) is 15.9 Å². The number of sulfone groups is 1. The van der Waals surface area contributed by atoms with Crippen LogP contribution in [0.25, 0.3) is 0 Å². The first-order valence-corrected chi connectivity index (χ1v) is 8.53. The maximum Gasteiger partial charge on any atom is 0.336 e. The highest BCUT2D eigenvalue weighted by atomic mass is 79.9. The smallest absolute Gasteiger partial charge is 0.336 e. The second-order valence-corrected chi connectivity index (χ2v) is 7.83. The van der Waals surface area contributed by atoms with Crippen molar-refractivity contribution in [2.45, 2.75) is 42.2 Å². The predicted molar refractivity (Wildman–Crippen MR) is 75.2 cm³/mol. The van der Waals surface area contributed by atoms with Crippen molar-refractivity contribution in [3.8, 4) is 0 Å². The van der Waals surface area contributed by atoms with Crippen molar-refractivity contribution in [2.75, 3.05) is 0 Å². The molecule has 0 aliphatic heterocycles. The molecule has 0 heterocycles. The van der Waals surface area contributed by atoms with E-state index in [0.29, 0.717) is 17.3 Å². The summed E-state index contributed by atoms with van der Waals surface area (Å²) >= 11 is 3.12. The molecule has 0 saturated heterocycles. The molecule has 0 spiro atoms. The van der Waals surface area contributed by atoms with Crippen LogP contribution in [0.4, 0.5) is 0 Å². The van der Waals surface area contributed by atoms with Gasteiger partial charge in [0.1, 0.15) is 0 Å². The average molecular weight is 347 g/mol. The molecule has 1 saturated carbocycles. The first-order chi connectivity index (χ1) is 8.93. The Kier molecular flexibility index (Phi) is 4.30. The molecule has 0 aromatic heterocycles. The molecule has 1 aromatic rings. The number of carboxylic acids is 1. The highest BCUT2D eigenvalue weighted by Crippen LogP contribution is 2.30. The molecule has 4 nitrogen and oxygen atoms in total. The summed E-state index contributed by atoms with van der Waals surface area (Å²) in [5.41, 5.74) is -0.0168. The van der Waals surface area contributed by atoms with E-state index in [1.54, 1.807) is 0 Å². The summed E-state index contributed by atoms with van der Waals surface area (Å²) in [7, 11) is -3.42. The molecule has 0 unspecified atom stereocenters. The van der Waals surface area contributed by atoms with Gasteiger partial charge in [0.15, 0.2) is 9.84 Å². The molecule has 1 aromatic carbocycles. The number of halogens is 1. The molecule has 1 aliphatic carbocycles. The molecule has 1 fully saturated rings. The second kappa shape index (κ2) is 5.63. The molecule has 2 rings (SSSR count). The minimum absolute atomic E-state index is 0.0168. The number of carbonyl (C=O) groups is 1. The third-order valence-electron chi connectivity index (χ3n) is 3.49. The van der Waals surface area contributed by atoms with Gasteiger partial charge in [0.05, 0.1) is 15.7 Å². The summed E-state index contributed by atoms with van der Waals surface area (Å²) in [6.07, 6.45) is 4.26. The van der Waals surface area contributed by atoms with Crippen molar-refractivity contribution in [1.29, 1.82) is 0 Å². The van der Waals surface area contributed by atoms with Gasteiger partial charge in [-0.25, -0.2) is 13.2 Å². The zero-order chi connectivity index (χ0) is 14.0. The Bertz CT molecular complexity index is 589. The zero-order valence-corrected chi connectivity index (χ0v) is 12.7. The van der Waals surface area contributed by atoms with Crippen LogP contribution in [0.2, 0.25) is 0 Å². The molecule has 0 bridgehead atoms. The van der Waals surface area contributed by atoms with Gasteiger partial charge in [-0.15, -0.1) is 0 Å². The quantitative estimate of drug-likeness (QED) is 0.911. The van der Waals surface area contributed by atoms with Crippen molar-refractivity contribution in [3.05, 3.63) is 28.2 Å². The fraction of sp³-hybridized carbons (Fsp3) is 0.462. The molecule has 104 valence electrons. The minimum Gasteiger partial charge on any atom is -0.478 e. The van der Waals surface area contributed by atoms with Gasteiger partial charge < -0.3 is 5.11 Å². The van der Waals surface area contributed by atoms with Gasteiger partial charge in [0.2, 0.25) is 0 Å². The van der Waals surface area contributed by atoms with Crippen molar-refractivity contribution in [2.24, 2.45) is 0 Å². The minimum atomic E-state index is -3.42. The Balaban J connectivity index is 2.40. The largest absolute Gasteiger partial charge is 0.478 e. The number of hydrogen-bond acceptors (Lipinski definition) is 3. The standard InChI is InChI=1S/C13H15BrO4S/c14-12-7-6-10(8-11(12)13(15)16)19(17,18)9-4-2-1-3-5-9/h6-9H,1-5H2,(H,15,16). The van der Waals surface area contributed by atoms with Gasteiger partial charge in [-0.1, -0.05) is 19.3 Å². The topological polar surface area (TPSA) is 71.4 Å². The molecule has 1 N–H and O–H groups in total. The van der Waals surface area contributed by atoms with Crippen LogP contribution in [0.5, 0.6) is 0 Å². The lowest BCUT2D eigenvalue weighted by Crippen LogP contribution is -2.24. The molecule has 0 radical (unpaired) electrons. The van der Waals surface area contributed by atoms with Gasteiger partial charge in [-0.3, -0.25) is 0 Å². The number of benzene rings is 1. The third kappa shape index (κ3) is 3.00. The van der Waals surface area contributed by atoms with Gasteiger partial charge >= 0.3 is 5.97 Å². The maximum absolute atomic E-state index is 12.5. The van der Waals surface area contributed by atoms with Crippen LogP contribution in [0, 0.1) is 0 Å². The highest BCUT2D eigenvalue weighted by molar-refractivity contribution is 9.10. The molecule has 1 aliphatic rings. The van der Waals surface area contributed by atoms with Crippen LogP contribution in [-0.2, 0) is 9.84 Å². The lowest BCUT2D eigenvalue weighted by atomic mass is 10.0. The van der Waals surface area contributed by atoms with Crippen LogP contribution in [0.15, 0.2) is 27.6 Å². The Labute approximate surface area is 120 Å². The van der Waals surface area contributed by atoms with E-state index in [9.17, 15) is 13.2 Å². The summed E-state index contributed by atoms with van der Waals surface area (Å²) < 4.78 is 25.3. The average Bonchev–Trinajstić information content (AvgIpc) is 2.39. The van der Waals surface area contributed by atoms with Gasteiger partial charge in [-0.2, -0.15) is 0 Å². The Morgan fingerprint density at radius 2 is 1.84 bits per heavy atom.